The van der Waals surface area contributed by atoms with Crippen LogP contribution in [-0.2, 0) is 11.0 Å². The van der Waals surface area contributed by atoms with Gasteiger partial charge in [-0.25, -0.2) is 8.93 Å². The summed E-state index contributed by atoms with van der Waals surface area (Å²) in [5.41, 5.74) is 2.12. The van der Waals surface area contributed by atoms with Gasteiger partial charge in [0.05, 0.1) is 16.5 Å². The highest BCUT2D eigenvalue weighted by molar-refractivity contribution is 7.83. The molecule has 2 aromatic rings. The number of hydrogen-bond acceptors (Lipinski definition) is 4. The zero-order valence-corrected chi connectivity index (χ0v) is 13.2. The topological polar surface area (TPSA) is 96.0 Å². The normalized spacial score (nSPS) is 13.0. The Balaban J connectivity index is 2.20. The van der Waals surface area contributed by atoms with Crippen molar-refractivity contribution in [2.24, 2.45) is 0 Å². The predicted octanol–water partition coefficient (Wildman–Crippen LogP) is 2.50. The van der Waals surface area contributed by atoms with Crippen molar-refractivity contribution in [2.75, 3.05) is 6.54 Å². The molecule has 0 saturated heterocycles. The Bertz CT molecular complexity index is 752. The molecule has 0 aliphatic heterocycles. The zero-order chi connectivity index (χ0) is 16.8. The van der Waals surface area contributed by atoms with Crippen LogP contribution in [0.15, 0.2) is 53.4 Å². The van der Waals surface area contributed by atoms with Gasteiger partial charge in [-0.05, 0) is 36.8 Å². The van der Waals surface area contributed by atoms with E-state index in [0.29, 0.717) is 16.0 Å². The molecular formula is C16H15N3O3S. The van der Waals surface area contributed by atoms with Gasteiger partial charge in [0.25, 0.3) is 0 Å². The Morgan fingerprint density at radius 2 is 1.83 bits per heavy atom. The second kappa shape index (κ2) is 7.63. The van der Waals surface area contributed by atoms with Gasteiger partial charge < -0.3 is 0 Å². The van der Waals surface area contributed by atoms with E-state index >= 15 is 0 Å². The largest absolute Gasteiger partial charge is 0.264 e. The molecule has 0 heterocycles. The summed E-state index contributed by atoms with van der Waals surface area (Å²) in [6, 6.07) is 14.8. The summed E-state index contributed by atoms with van der Waals surface area (Å²) < 4.78 is 15.2. The lowest BCUT2D eigenvalue weighted by atomic mass is 10.1. The summed E-state index contributed by atoms with van der Waals surface area (Å²) in [5.74, 6) is 0. The molecule has 0 saturated carbocycles. The fourth-order valence-electron chi connectivity index (χ4n) is 2.01. The van der Waals surface area contributed by atoms with Gasteiger partial charge in [-0.2, -0.15) is 5.26 Å². The molecule has 2 atom stereocenters. The third-order valence-electron chi connectivity index (χ3n) is 3.26. The summed E-state index contributed by atoms with van der Waals surface area (Å²) in [6.45, 7) is 1.52. The number of nitro groups is 1. The summed E-state index contributed by atoms with van der Waals surface area (Å²) in [4.78, 5) is 11.0. The number of hydrogen-bond donors (Lipinski definition) is 1. The Morgan fingerprint density at radius 3 is 2.35 bits per heavy atom. The molecule has 0 aromatic heterocycles. The van der Waals surface area contributed by atoms with Crippen molar-refractivity contribution in [3.8, 4) is 6.07 Å². The average molecular weight is 329 g/mol. The maximum atomic E-state index is 12.4. The van der Waals surface area contributed by atoms with Crippen LogP contribution in [0.2, 0.25) is 0 Å². The summed E-state index contributed by atoms with van der Waals surface area (Å²) in [5, 5.41) is 19.7. The van der Waals surface area contributed by atoms with Crippen molar-refractivity contribution in [2.45, 2.75) is 17.9 Å². The number of aryl methyl sites for hydroxylation is 1. The van der Waals surface area contributed by atoms with Crippen LogP contribution in [0.1, 0.15) is 22.7 Å². The van der Waals surface area contributed by atoms with Gasteiger partial charge >= 0.3 is 0 Å². The fourth-order valence-corrected chi connectivity index (χ4v) is 3.00. The third-order valence-corrected chi connectivity index (χ3v) is 4.46. The molecule has 2 rings (SSSR count). The second-order valence-electron chi connectivity index (χ2n) is 5.00. The van der Waals surface area contributed by atoms with E-state index in [9.17, 15) is 14.3 Å². The quantitative estimate of drug-likeness (QED) is 0.650. The SMILES string of the molecule is Cc1ccc([S@](=O)N[C@H](C[N+](=O)[O-])c2ccc(C#N)cc2)cc1. The van der Waals surface area contributed by atoms with Gasteiger partial charge in [0, 0.05) is 4.92 Å². The van der Waals surface area contributed by atoms with Crippen LogP contribution in [0.3, 0.4) is 0 Å². The summed E-state index contributed by atoms with van der Waals surface area (Å²) >= 11 is 0. The van der Waals surface area contributed by atoms with E-state index in [1.165, 1.54) is 0 Å². The number of rotatable bonds is 6. The first kappa shape index (κ1) is 16.8. The standard InChI is InChI=1S/C16H15N3O3S/c1-12-2-8-15(9-3-12)23(22)18-16(11-19(20)21)14-6-4-13(10-17)5-7-14/h2-9,16,18H,11H2,1H3/t16-,23+/m1/s1. The first-order valence-electron chi connectivity index (χ1n) is 6.86. The molecule has 1 N–H and O–H groups in total. The Labute approximate surface area is 136 Å². The van der Waals surface area contributed by atoms with Gasteiger partial charge in [-0.3, -0.25) is 10.1 Å². The van der Waals surface area contributed by atoms with Crippen molar-refractivity contribution in [1.29, 1.82) is 5.26 Å². The smallest absolute Gasteiger partial charge is 0.224 e. The molecule has 0 radical (unpaired) electrons. The van der Waals surface area contributed by atoms with Crippen molar-refractivity contribution in [1.82, 2.24) is 4.72 Å². The molecule has 118 valence electrons. The number of benzene rings is 2. The van der Waals surface area contributed by atoms with Crippen LogP contribution in [-0.4, -0.2) is 15.7 Å². The summed E-state index contributed by atoms with van der Waals surface area (Å²) in [6.07, 6.45) is 0. The monoisotopic (exact) mass is 329 g/mol. The van der Waals surface area contributed by atoms with Crippen LogP contribution in [0.5, 0.6) is 0 Å². The third kappa shape index (κ3) is 4.71. The highest BCUT2D eigenvalue weighted by Gasteiger charge is 2.20. The van der Waals surface area contributed by atoms with Crippen LogP contribution in [0.4, 0.5) is 0 Å². The lowest BCUT2D eigenvalue weighted by Gasteiger charge is -2.15. The van der Waals surface area contributed by atoms with E-state index in [2.05, 4.69) is 4.72 Å². The minimum atomic E-state index is -1.57. The number of nitriles is 1. The number of nitrogens with one attached hydrogen (secondary N) is 1. The lowest BCUT2D eigenvalue weighted by Crippen LogP contribution is -2.29. The minimum Gasteiger partial charge on any atom is -0.264 e. The molecule has 0 aliphatic rings. The van der Waals surface area contributed by atoms with Gasteiger partial charge in [0.1, 0.15) is 17.0 Å². The first-order chi connectivity index (χ1) is 11.0. The van der Waals surface area contributed by atoms with E-state index in [0.717, 1.165) is 5.56 Å². The molecule has 0 spiro atoms. The predicted molar refractivity (Wildman–Crippen MR) is 86.5 cm³/mol. The molecule has 0 fully saturated rings. The van der Waals surface area contributed by atoms with Crippen LogP contribution in [0, 0.1) is 28.4 Å². The first-order valence-corrected chi connectivity index (χ1v) is 8.01. The molecule has 2 aromatic carbocycles. The average Bonchev–Trinajstić information content (AvgIpc) is 2.54. The van der Waals surface area contributed by atoms with Gasteiger partial charge in [0.2, 0.25) is 6.54 Å². The van der Waals surface area contributed by atoms with Crippen LogP contribution in [0.25, 0.3) is 0 Å². The van der Waals surface area contributed by atoms with Crippen LogP contribution >= 0.6 is 0 Å². The van der Waals surface area contributed by atoms with Crippen molar-refractivity contribution < 1.29 is 9.13 Å². The molecular weight excluding hydrogens is 314 g/mol. The van der Waals surface area contributed by atoms with E-state index in [4.69, 9.17) is 5.26 Å². The number of nitrogens with zero attached hydrogens (tertiary/aromatic N) is 2. The van der Waals surface area contributed by atoms with Crippen molar-refractivity contribution >= 4 is 11.0 Å². The zero-order valence-electron chi connectivity index (χ0n) is 12.4. The van der Waals surface area contributed by atoms with E-state index < -0.39 is 28.5 Å². The molecule has 0 bridgehead atoms. The minimum absolute atomic E-state index is 0.399. The van der Waals surface area contributed by atoms with Gasteiger partial charge in [-0.1, -0.05) is 29.8 Å². The Morgan fingerprint density at radius 1 is 1.22 bits per heavy atom. The second-order valence-corrected chi connectivity index (χ2v) is 6.25. The van der Waals surface area contributed by atoms with Gasteiger partial charge in [-0.15, -0.1) is 0 Å². The van der Waals surface area contributed by atoms with E-state index in [1.807, 2.05) is 25.1 Å². The summed E-state index contributed by atoms with van der Waals surface area (Å²) in [7, 11) is -1.57. The molecule has 0 amide bonds. The van der Waals surface area contributed by atoms with Crippen molar-refractivity contribution in [3.05, 3.63) is 75.3 Å². The highest BCUT2D eigenvalue weighted by Crippen LogP contribution is 2.17. The van der Waals surface area contributed by atoms with Crippen LogP contribution < -0.4 is 4.72 Å². The molecule has 0 unspecified atom stereocenters. The highest BCUT2D eigenvalue weighted by atomic mass is 32.2. The van der Waals surface area contributed by atoms with Gasteiger partial charge in [0.15, 0.2) is 0 Å². The fraction of sp³-hybridized carbons (Fsp3) is 0.188. The van der Waals surface area contributed by atoms with Crippen molar-refractivity contribution in [3.63, 3.8) is 0 Å². The maximum absolute atomic E-state index is 12.4. The maximum Gasteiger partial charge on any atom is 0.224 e. The van der Waals surface area contributed by atoms with E-state index in [-0.39, 0.29) is 0 Å². The molecule has 7 heteroatoms. The molecule has 6 nitrogen and oxygen atoms in total. The van der Waals surface area contributed by atoms with E-state index in [1.54, 1.807) is 36.4 Å². The Hall–Kier alpha value is -2.56. The lowest BCUT2D eigenvalue weighted by molar-refractivity contribution is -0.483. The Kier molecular flexibility index (Phi) is 5.57. The molecule has 0 aliphatic carbocycles. The molecule has 23 heavy (non-hydrogen) atoms.